The van der Waals surface area contributed by atoms with E-state index in [4.69, 9.17) is 0 Å². The second kappa shape index (κ2) is 5.59. The predicted molar refractivity (Wildman–Crippen MR) is 77.7 cm³/mol. The van der Waals surface area contributed by atoms with Crippen LogP contribution in [0, 0.1) is 12.7 Å². The molecule has 0 spiro atoms. The number of hydrogen-bond acceptors (Lipinski definition) is 2. The van der Waals surface area contributed by atoms with Gasteiger partial charge in [0, 0.05) is 5.69 Å². The molecule has 1 aliphatic rings. The van der Waals surface area contributed by atoms with Crippen molar-refractivity contribution in [3.63, 3.8) is 0 Å². The van der Waals surface area contributed by atoms with Gasteiger partial charge in [0.15, 0.2) is 0 Å². The van der Waals surface area contributed by atoms with Crippen molar-refractivity contribution in [3.05, 3.63) is 28.0 Å². The molecule has 0 radical (unpaired) electrons. The Morgan fingerprint density at radius 1 is 1.58 bits per heavy atom. The summed E-state index contributed by atoms with van der Waals surface area (Å²) in [5, 5.41) is 6.12. The van der Waals surface area contributed by atoms with Gasteiger partial charge >= 0.3 is 0 Å². The molecule has 3 nitrogen and oxygen atoms in total. The van der Waals surface area contributed by atoms with Crippen molar-refractivity contribution < 1.29 is 9.18 Å². The fourth-order valence-electron chi connectivity index (χ4n) is 2.49. The molecule has 1 heterocycles. The molecular weight excluding hydrogens is 311 g/mol. The molecular formula is C14H18BrFN2O. The van der Waals surface area contributed by atoms with Gasteiger partial charge in [0.25, 0.3) is 0 Å². The van der Waals surface area contributed by atoms with Crippen molar-refractivity contribution in [2.24, 2.45) is 0 Å². The van der Waals surface area contributed by atoms with E-state index in [1.165, 1.54) is 6.07 Å². The zero-order chi connectivity index (χ0) is 14.0. The summed E-state index contributed by atoms with van der Waals surface area (Å²) in [5.41, 5.74) is 0.869. The first kappa shape index (κ1) is 14.5. The number of amides is 1. The monoisotopic (exact) mass is 328 g/mol. The molecule has 1 aromatic rings. The predicted octanol–water partition coefficient (Wildman–Crippen LogP) is 3.37. The molecule has 104 valence electrons. The smallest absolute Gasteiger partial charge is 0.244 e. The summed E-state index contributed by atoms with van der Waals surface area (Å²) in [5.74, 6) is -0.442. The maximum absolute atomic E-state index is 13.6. The molecule has 1 unspecified atom stereocenters. The van der Waals surface area contributed by atoms with E-state index in [0.717, 1.165) is 31.4 Å². The van der Waals surface area contributed by atoms with Crippen molar-refractivity contribution in [2.75, 3.05) is 11.9 Å². The van der Waals surface area contributed by atoms with Gasteiger partial charge in [-0.2, -0.15) is 0 Å². The number of carbonyl (C=O) groups is 1. The van der Waals surface area contributed by atoms with Crippen molar-refractivity contribution in [3.8, 4) is 0 Å². The number of aryl methyl sites for hydroxylation is 1. The number of nitrogens with one attached hydrogen (secondary N) is 2. The highest BCUT2D eigenvalue weighted by Crippen LogP contribution is 2.28. The van der Waals surface area contributed by atoms with Gasteiger partial charge in [-0.15, -0.1) is 0 Å². The first-order valence-corrected chi connectivity index (χ1v) is 7.30. The molecule has 2 N–H and O–H groups in total. The molecule has 1 atom stereocenters. The Bertz CT molecular complexity index is 498. The van der Waals surface area contributed by atoms with Gasteiger partial charge in [0.05, 0.1) is 10.0 Å². The summed E-state index contributed by atoms with van der Waals surface area (Å²) in [6.07, 6.45) is 2.55. The van der Waals surface area contributed by atoms with Gasteiger partial charge in [-0.3, -0.25) is 4.79 Å². The SMILES string of the molecule is CCC1(C(=O)Nc2cc(F)c(Br)cc2C)CCCN1. The molecule has 1 aromatic carbocycles. The quantitative estimate of drug-likeness (QED) is 0.893. The Balaban J connectivity index is 2.21. The first-order valence-electron chi connectivity index (χ1n) is 6.50. The van der Waals surface area contributed by atoms with E-state index in [2.05, 4.69) is 26.6 Å². The topological polar surface area (TPSA) is 41.1 Å². The summed E-state index contributed by atoms with van der Waals surface area (Å²) in [6, 6.07) is 3.03. The lowest BCUT2D eigenvalue weighted by molar-refractivity contribution is -0.122. The van der Waals surface area contributed by atoms with Crippen molar-refractivity contribution in [1.29, 1.82) is 0 Å². The maximum atomic E-state index is 13.6. The summed E-state index contributed by atoms with van der Waals surface area (Å²) >= 11 is 3.14. The molecule has 1 amide bonds. The lowest BCUT2D eigenvalue weighted by Crippen LogP contribution is -2.50. The molecule has 5 heteroatoms. The van der Waals surface area contributed by atoms with Crippen molar-refractivity contribution >= 4 is 27.5 Å². The molecule has 19 heavy (non-hydrogen) atoms. The number of rotatable bonds is 3. The summed E-state index contributed by atoms with van der Waals surface area (Å²) < 4.78 is 14.0. The lowest BCUT2D eigenvalue weighted by Gasteiger charge is -2.27. The minimum Gasteiger partial charge on any atom is -0.324 e. The molecule has 1 aliphatic heterocycles. The Hall–Kier alpha value is -0.940. The Kier molecular flexibility index (Phi) is 4.26. The van der Waals surface area contributed by atoms with Crippen LogP contribution in [0.1, 0.15) is 31.7 Å². The second-order valence-corrected chi connectivity index (χ2v) is 5.86. The summed E-state index contributed by atoms with van der Waals surface area (Å²) in [7, 11) is 0. The lowest BCUT2D eigenvalue weighted by atomic mass is 9.93. The van der Waals surface area contributed by atoms with Gasteiger partial charge in [0.2, 0.25) is 5.91 Å². The highest BCUT2D eigenvalue weighted by atomic mass is 79.9. The largest absolute Gasteiger partial charge is 0.324 e. The number of hydrogen-bond donors (Lipinski definition) is 2. The average Bonchev–Trinajstić information content (AvgIpc) is 2.86. The van der Waals surface area contributed by atoms with Crippen LogP contribution in [-0.4, -0.2) is 18.0 Å². The standard InChI is InChI=1S/C14H18BrFN2O/c1-3-14(5-4-6-17-14)13(19)18-12-8-11(16)10(15)7-9(12)2/h7-8,17H,3-6H2,1-2H3,(H,18,19). The maximum Gasteiger partial charge on any atom is 0.244 e. The molecule has 2 rings (SSSR count). The van der Waals surface area contributed by atoms with Crippen LogP contribution in [-0.2, 0) is 4.79 Å². The Labute approximate surface area is 121 Å². The summed E-state index contributed by atoms with van der Waals surface area (Å²) in [4.78, 5) is 12.4. The molecule has 0 saturated carbocycles. The number of anilines is 1. The molecule has 1 saturated heterocycles. The van der Waals surface area contributed by atoms with Gasteiger partial charge in [0.1, 0.15) is 5.82 Å². The van der Waals surface area contributed by atoms with Crippen LogP contribution in [0.2, 0.25) is 0 Å². The minimum atomic E-state index is -0.504. The van der Waals surface area contributed by atoms with Gasteiger partial charge in [-0.1, -0.05) is 6.92 Å². The van der Waals surface area contributed by atoms with E-state index in [1.54, 1.807) is 6.07 Å². The fraction of sp³-hybridized carbons (Fsp3) is 0.500. The number of carbonyl (C=O) groups excluding carboxylic acids is 1. The van der Waals surface area contributed by atoms with E-state index in [1.807, 2.05) is 13.8 Å². The van der Waals surface area contributed by atoms with Crippen LogP contribution >= 0.6 is 15.9 Å². The van der Waals surface area contributed by atoms with Gasteiger partial charge in [-0.05, 0) is 66.4 Å². The fourth-order valence-corrected chi connectivity index (χ4v) is 2.94. The zero-order valence-electron chi connectivity index (χ0n) is 11.1. The normalized spacial score (nSPS) is 22.5. The number of benzene rings is 1. The van der Waals surface area contributed by atoms with E-state index in [9.17, 15) is 9.18 Å². The molecule has 0 aromatic heterocycles. The van der Waals surface area contributed by atoms with E-state index in [-0.39, 0.29) is 11.7 Å². The summed E-state index contributed by atoms with van der Waals surface area (Å²) in [6.45, 7) is 4.70. The first-order chi connectivity index (χ1) is 8.98. The van der Waals surface area contributed by atoms with Gasteiger partial charge < -0.3 is 10.6 Å². The third-order valence-electron chi connectivity index (χ3n) is 3.80. The highest BCUT2D eigenvalue weighted by molar-refractivity contribution is 9.10. The molecule has 1 fully saturated rings. The third-order valence-corrected chi connectivity index (χ3v) is 4.41. The Morgan fingerprint density at radius 2 is 2.32 bits per heavy atom. The third kappa shape index (κ3) is 2.82. The van der Waals surface area contributed by atoms with E-state index >= 15 is 0 Å². The van der Waals surface area contributed by atoms with Crippen LogP contribution in [0.5, 0.6) is 0 Å². The van der Waals surface area contributed by atoms with Crippen LogP contribution in [0.3, 0.4) is 0 Å². The van der Waals surface area contributed by atoms with E-state index in [0.29, 0.717) is 10.2 Å². The van der Waals surface area contributed by atoms with Gasteiger partial charge in [-0.25, -0.2) is 4.39 Å². The number of halogens is 2. The highest BCUT2D eigenvalue weighted by Gasteiger charge is 2.39. The average molecular weight is 329 g/mol. The van der Waals surface area contributed by atoms with Crippen LogP contribution in [0.4, 0.5) is 10.1 Å². The van der Waals surface area contributed by atoms with Crippen LogP contribution in [0.25, 0.3) is 0 Å². The second-order valence-electron chi connectivity index (χ2n) is 5.00. The van der Waals surface area contributed by atoms with Crippen molar-refractivity contribution in [2.45, 2.75) is 38.6 Å². The van der Waals surface area contributed by atoms with E-state index < -0.39 is 5.54 Å². The van der Waals surface area contributed by atoms with Crippen LogP contribution in [0.15, 0.2) is 16.6 Å². The molecule has 0 bridgehead atoms. The Morgan fingerprint density at radius 3 is 2.89 bits per heavy atom. The van der Waals surface area contributed by atoms with Crippen molar-refractivity contribution in [1.82, 2.24) is 5.32 Å². The van der Waals surface area contributed by atoms with Crippen LogP contribution < -0.4 is 10.6 Å². The zero-order valence-corrected chi connectivity index (χ0v) is 12.7. The molecule has 0 aliphatic carbocycles. The minimum absolute atomic E-state index is 0.0719.